The molecule has 0 aliphatic heterocycles. The molecule has 6 nitrogen and oxygen atoms in total. The molecule has 1 saturated carbocycles. The van der Waals surface area contributed by atoms with Gasteiger partial charge in [0.15, 0.2) is 5.65 Å². The summed E-state index contributed by atoms with van der Waals surface area (Å²) >= 11 is 0. The SMILES string of the molecule is O=c1[nH]c(N(Cc2ccccc2F)C2CC2)nc2c1cnn2-c1ccccc1. The van der Waals surface area contributed by atoms with Crippen LogP contribution < -0.4 is 10.5 Å². The van der Waals surface area contributed by atoms with Crippen LogP contribution in [0.4, 0.5) is 10.3 Å². The Morgan fingerprint density at radius 1 is 1.11 bits per heavy atom. The Labute approximate surface area is 160 Å². The molecule has 1 N–H and O–H groups in total. The maximum absolute atomic E-state index is 14.2. The number of nitrogens with zero attached hydrogens (tertiary/aromatic N) is 4. The molecule has 0 bridgehead atoms. The zero-order chi connectivity index (χ0) is 19.1. The van der Waals surface area contributed by atoms with Crippen LogP contribution in [0.25, 0.3) is 16.7 Å². The van der Waals surface area contributed by atoms with Crippen LogP contribution in [-0.4, -0.2) is 25.8 Å². The highest BCUT2D eigenvalue weighted by Crippen LogP contribution is 2.32. The summed E-state index contributed by atoms with van der Waals surface area (Å²) in [5.41, 5.74) is 1.65. The van der Waals surface area contributed by atoms with Crippen molar-refractivity contribution in [2.75, 3.05) is 4.90 Å². The predicted molar refractivity (Wildman–Crippen MR) is 105 cm³/mol. The van der Waals surface area contributed by atoms with Crippen molar-refractivity contribution in [1.29, 1.82) is 0 Å². The molecule has 0 unspecified atom stereocenters. The van der Waals surface area contributed by atoms with Crippen molar-refractivity contribution >= 4 is 17.0 Å². The van der Waals surface area contributed by atoms with E-state index in [4.69, 9.17) is 4.98 Å². The predicted octanol–water partition coefficient (Wildman–Crippen LogP) is 3.42. The van der Waals surface area contributed by atoms with Gasteiger partial charge < -0.3 is 4.90 Å². The average Bonchev–Trinajstić information content (AvgIpc) is 3.46. The van der Waals surface area contributed by atoms with Crippen LogP contribution in [-0.2, 0) is 6.54 Å². The number of para-hydroxylation sites is 1. The molecule has 5 rings (SSSR count). The number of benzene rings is 2. The molecule has 2 aromatic heterocycles. The second-order valence-electron chi connectivity index (χ2n) is 6.97. The maximum Gasteiger partial charge on any atom is 0.263 e. The molecule has 1 aliphatic carbocycles. The minimum atomic E-state index is -0.258. The van der Waals surface area contributed by atoms with Crippen LogP contribution in [0.2, 0.25) is 0 Å². The van der Waals surface area contributed by atoms with Crippen LogP contribution in [0.3, 0.4) is 0 Å². The Morgan fingerprint density at radius 2 is 1.86 bits per heavy atom. The van der Waals surface area contributed by atoms with Crippen molar-refractivity contribution in [3.05, 3.63) is 82.5 Å². The number of anilines is 1. The molecule has 4 aromatic rings. The molecular formula is C21H18FN5O. The van der Waals surface area contributed by atoms with E-state index in [9.17, 15) is 9.18 Å². The molecule has 28 heavy (non-hydrogen) atoms. The summed E-state index contributed by atoms with van der Waals surface area (Å²) in [4.78, 5) is 22.2. The van der Waals surface area contributed by atoms with Gasteiger partial charge in [-0.1, -0.05) is 36.4 Å². The fourth-order valence-corrected chi connectivity index (χ4v) is 3.37. The lowest BCUT2D eigenvalue weighted by Crippen LogP contribution is -2.29. The molecule has 0 amide bonds. The maximum atomic E-state index is 14.2. The Morgan fingerprint density at radius 3 is 2.61 bits per heavy atom. The van der Waals surface area contributed by atoms with Crippen molar-refractivity contribution < 1.29 is 4.39 Å². The first-order valence-corrected chi connectivity index (χ1v) is 9.24. The number of fused-ring (bicyclic) bond motifs is 1. The molecule has 1 aliphatic rings. The van der Waals surface area contributed by atoms with Gasteiger partial charge in [0, 0.05) is 18.2 Å². The van der Waals surface area contributed by atoms with Crippen LogP contribution in [0.15, 0.2) is 65.6 Å². The molecule has 7 heteroatoms. The van der Waals surface area contributed by atoms with E-state index >= 15 is 0 Å². The summed E-state index contributed by atoms with van der Waals surface area (Å²) in [5.74, 6) is 0.187. The molecule has 0 spiro atoms. The van der Waals surface area contributed by atoms with Crippen LogP contribution >= 0.6 is 0 Å². The Bertz CT molecular complexity index is 1200. The summed E-state index contributed by atoms with van der Waals surface area (Å²) < 4.78 is 15.8. The van der Waals surface area contributed by atoms with E-state index in [1.54, 1.807) is 16.8 Å². The average molecular weight is 375 g/mol. The number of H-pyrrole nitrogens is 1. The van der Waals surface area contributed by atoms with Crippen LogP contribution in [0.5, 0.6) is 0 Å². The van der Waals surface area contributed by atoms with Gasteiger partial charge in [0.25, 0.3) is 5.56 Å². The fourth-order valence-electron chi connectivity index (χ4n) is 3.37. The first kappa shape index (κ1) is 16.7. The lowest BCUT2D eigenvalue weighted by molar-refractivity contribution is 0.601. The van der Waals surface area contributed by atoms with Gasteiger partial charge >= 0.3 is 0 Å². The van der Waals surface area contributed by atoms with E-state index in [2.05, 4.69) is 10.1 Å². The number of hydrogen-bond donors (Lipinski definition) is 1. The molecule has 2 heterocycles. The molecule has 2 aromatic carbocycles. The molecule has 0 atom stereocenters. The van der Waals surface area contributed by atoms with E-state index in [1.165, 1.54) is 12.3 Å². The third-order valence-corrected chi connectivity index (χ3v) is 4.98. The van der Waals surface area contributed by atoms with Gasteiger partial charge in [0.05, 0.1) is 11.9 Å². The van der Waals surface area contributed by atoms with Crippen molar-refractivity contribution in [2.24, 2.45) is 0 Å². The minimum absolute atomic E-state index is 0.244. The van der Waals surface area contributed by atoms with Crippen LogP contribution in [0, 0.1) is 5.82 Å². The molecular weight excluding hydrogens is 357 g/mol. The van der Waals surface area contributed by atoms with Gasteiger partial charge in [0.1, 0.15) is 11.2 Å². The number of aromatic nitrogens is 4. The van der Waals surface area contributed by atoms with Gasteiger partial charge in [0.2, 0.25) is 5.95 Å². The van der Waals surface area contributed by atoms with Gasteiger partial charge in [-0.2, -0.15) is 10.1 Å². The first-order chi connectivity index (χ1) is 13.7. The third kappa shape index (κ3) is 2.94. The van der Waals surface area contributed by atoms with Gasteiger partial charge in [-0.15, -0.1) is 0 Å². The highest BCUT2D eigenvalue weighted by molar-refractivity contribution is 5.76. The third-order valence-electron chi connectivity index (χ3n) is 4.98. The smallest absolute Gasteiger partial charge is 0.263 e. The van der Waals surface area contributed by atoms with Crippen molar-refractivity contribution in [1.82, 2.24) is 19.7 Å². The second-order valence-corrected chi connectivity index (χ2v) is 6.97. The van der Waals surface area contributed by atoms with Crippen molar-refractivity contribution in [2.45, 2.75) is 25.4 Å². The number of hydrogen-bond acceptors (Lipinski definition) is 4. The summed E-state index contributed by atoms with van der Waals surface area (Å²) in [7, 11) is 0. The number of nitrogens with one attached hydrogen (secondary N) is 1. The first-order valence-electron chi connectivity index (χ1n) is 9.24. The summed E-state index contributed by atoms with van der Waals surface area (Å²) in [5, 5.41) is 4.77. The molecule has 1 fully saturated rings. The highest BCUT2D eigenvalue weighted by atomic mass is 19.1. The Kier molecular flexibility index (Phi) is 3.93. The quantitative estimate of drug-likeness (QED) is 0.580. The minimum Gasteiger partial charge on any atom is -0.335 e. The van der Waals surface area contributed by atoms with E-state index in [0.717, 1.165) is 18.5 Å². The monoisotopic (exact) mass is 375 g/mol. The van der Waals surface area contributed by atoms with E-state index in [0.29, 0.717) is 29.1 Å². The van der Waals surface area contributed by atoms with Gasteiger partial charge in [-0.3, -0.25) is 9.78 Å². The van der Waals surface area contributed by atoms with E-state index < -0.39 is 0 Å². The van der Waals surface area contributed by atoms with E-state index in [1.807, 2.05) is 41.3 Å². The molecule has 0 radical (unpaired) electrons. The zero-order valence-corrected chi connectivity index (χ0v) is 15.0. The van der Waals surface area contributed by atoms with Gasteiger partial charge in [-0.25, -0.2) is 9.07 Å². The number of rotatable bonds is 5. The number of halogens is 1. The summed E-state index contributed by atoms with van der Waals surface area (Å²) in [6.07, 6.45) is 3.51. The second kappa shape index (κ2) is 6.60. The lowest BCUT2D eigenvalue weighted by Gasteiger charge is -2.23. The van der Waals surface area contributed by atoms with E-state index in [-0.39, 0.29) is 17.4 Å². The largest absolute Gasteiger partial charge is 0.335 e. The zero-order valence-electron chi connectivity index (χ0n) is 15.0. The van der Waals surface area contributed by atoms with Crippen molar-refractivity contribution in [3.63, 3.8) is 0 Å². The fraction of sp³-hybridized carbons (Fsp3) is 0.190. The highest BCUT2D eigenvalue weighted by Gasteiger charge is 2.31. The Balaban J connectivity index is 1.61. The standard InChI is InChI=1S/C21H18FN5O/c22-18-9-5-4-6-14(18)13-26(15-10-11-15)21-24-19-17(20(28)25-21)12-23-27(19)16-7-2-1-3-8-16/h1-9,12,15H,10-11,13H2,(H,24,25,28). The molecule has 0 saturated heterocycles. The lowest BCUT2D eigenvalue weighted by atomic mass is 10.2. The normalized spacial score (nSPS) is 13.8. The van der Waals surface area contributed by atoms with Crippen LogP contribution in [0.1, 0.15) is 18.4 Å². The topological polar surface area (TPSA) is 66.8 Å². The van der Waals surface area contributed by atoms with Crippen molar-refractivity contribution in [3.8, 4) is 5.69 Å². The Hall–Kier alpha value is -3.48. The summed E-state index contributed by atoms with van der Waals surface area (Å²) in [6.45, 7) is 0.352. The van der Waals surface area contributed by atoms with Gasteiger partial charge in [-0.05, 0) is 31.0 Å². The summed E-state index contributed by atoms with van der Waals surface area (Å²) in [6, 6.07) is 16.5. The molecule has 140 valence electrons. The number of aromatic amines is 1.